The normalized spacial score (nSPS) is 15.9. The third-order valence-electron chi connectivity index (χ3n) is 5.25. The van der Waals surface area contributed by atoms with Crippen molar-refractivity contribution in [3.05, 3.63) is 32.7 Å². The highest BCUT2D eigenvalue weighted by Gasteiger charge is 2.34. The Morgan fingerprint density at radius 2 is 2.06 bits per heavy atom. The molecular formula is C23H31FN4O4S2. The van der Waals surface area contributed by atoms with E-state index in [-0.39, 0.29) is 29.5 Å². The van der Waals surface area contributed by atoms with E-state index in [1.165, 1.54) is 16.2 Å². The molecule has 1 N–H and O–H groups in total. The summed E-state index contributed by atoms with van der Waals surface area (Å²) in [6.07, 6.45) is 2.90. The van der Waals surface area contributed by atoms with Gasteiger partial charge in [-0.2, -0.15) is 4.39 Å². The molecule has 11 heteroatoms. The molecule has 1 fully saturated rings. The number of thiophene rings is 1. The second-order valence-electron chi connectivity index (χ2n) is 9.19. The molecule has 2 aromatic rings. The average molecular weight is 511 g/mol. The number of ether oxygens (including phenoxy) is 1. The van der Waals surface area contributed by atoms with Gasteiger partial charge in [0, 0.05) is 22.8 Å². The summed E-state index contributed by atoms with van der Waals surface area (Å²) in [5.41, 5.74) is -0.158. The fourth-order valence-corrected chi connectivity index (χ4v) is 5.53. The van der Waals surface area contributed by atoms with Crippen molar-refractivity contribution in [1.29, 1.82) is 0 Å². The van der Waals surface area contributed by atoms with Crippen molar-refractivity contribution < 1.29 is 23.5 Å². The summed E-state index contributed by atoms with van der Waals surface area (Å²) in [4.78, 5) is 47.3. The second-order valence-corrected chi connectivity index (χ2v) is 11.5. The van der Waals surface area contributed by atoms with Crippen LogP contribution in [0.15, 0.2) is 12.3 Å². The Bertz CT molecular complexity index is 1050. The highest BCUT2D eigenvalue weighted by Crippen LogP contribution is 2.38. The minimum Gasteiger partial charge on any atom is -0.444 e. The van der Waals surface area contributed by atoms with Crippen LogP contribution in [0.3, 0.4) is 0 Å². The SMILES string of the molecule is CCCN(CC(=O)N1CCCC1c1cc(C(=O)Nc2ncc(F)s2)c(C)s1)C(=O)OC(C)(C)C. The molecule has 0 saturated carbocycles. The number of carbonyl (C=O) groups excluding carboxylic acids is 3. The number of nitrogens with one attached hydrogen (secondary N) is 1. The Hall–Kier alpha value is -2.53. The van der Waals surface area contributed by atoms with E-state index >= 15 is 0 Å². The summed E-state index contributed by atoms with van der Waals surface area (Å²) in [5, 5.41) is 2.35. The van der Waals surface area contributed by atoms with Crippen molar-refractivity contribution in [2.45, 2.75) is 65.5 Å². The van der Waals surface area contributed by atoms with Crippen LogP contribution in [0.5, 0.6) is 0 Å². The van der Waals surface area contributed by atoms with Gasteiger partial charge in [-0.15, -0.1) is 11.3 Å². The zero-order valence-corrected chi connectivity index (χ0v) is 21.8. The highest BCUT2D eigenvalue weighted by molar-refractivity contribution is 7.14. The zero-order valence-electron chi connectivity index (χ0n) is 20.1. The number of aryl methyl sites for hydroxylation is 1. The number of nitrogens with zero attached hydrogens (tertiary/aromatic N) is 3. The summed E-state index contributed by atoms with van der Waals surface area (Å²) in [6, 6.07) is 1.64. The van der Waals surface area contributed by atoms with Crippen molar-refractivity contribution in [1.82, 2.24) is 14.8 Å². The largest absolute Gasteiger partial charge is 0.444 e. The maximum absolute atomic E-state index is 13.2. The minimum absolute atomic E-state index is 0.0490. The van der Waals surface area contributed by atoms with E-state index in [1.54, 1.807) is 31.7 Å². The molecule has 3 amide bonds. The van der Waals surface area contributed by atoms with Gasteiger partial charge in [-0.25, -0.2) is 9.78 Å². The number of hydrogen-bond donors (Lipinski definition) is 1. The Kier molecular flexibility index (Phi) is 8.29. The van der Waals surface area contributed by atoms with Gasteiger partial charge in [0.25, 0.3) is 5.91 Å². The van der Waals surface area contributed by atoms with Crippen LogP contribution in [0.2, 0.25) is 0 Å². The van der Waals surface area contributed by atoms with Crippen LogP contribution >= 0.6 is 22.7 Å². The van der Waals surface area contributed by atoms with Crippen molar-refractivity contribution in [3.63, 3.8) is 0 Å². The standard InChI is InChI=1S/C23H31FN4O4S2/c1-6-9-27(22(31)32-23(3,4)5)13-19(29)28-10-7-8-16(28)17-11-15(14(2)33-17)20(30)26-21-25-12-18(24)34-21/h11-12,16H,6-10,13H2,1-5H3,(H,25,26,30). The van der Waals surface area contributed by atoms with Crippen LogP contribution in [0.25, 0.3) is 0 Å². The Morgan fingerprint density at radius 3 is 2.68 bits per heavy atom. The number of aromatic nitrogens is 1. The lowest BCUT2D eigenvalue weighted by Crippen LogP contribution is -2.44. The number of anilines is 1. The molecule has 1 unspecified atom stereocenters. The number of halogens is 1. The van der Waals surface area contributed by atoms with Gasteiger partial charge >= 0.3 is 6.09 Å². The van der Waals surface area contributed by atoms with Crippen molar-refractivity contribution >= 4 is 45.7 Å². The lowest BCUT2D eigenvalue weighted by atomic mass is 10.1. The molecule has 3 rings (SSSR count). The molecule has 186 valence electrons. The lowest BCUT2D eigenvalue weighted by Gasteiger charge is -2.30. The van der Waals surface area contributed by atoms with Gasteiger partial charge in [-0.1, -0.05) is 18.3 Å². The predicted molar refractivity (Wildman–Crippen MR) is 131 cm³/mol. The van der Waals surface area contributed by atoms with Gasteiger partial charge < -0.3 is 9.64 Å². The Balaban J connectivity index is 1.71. The number of carbonyl (C=O) groups is 3. The quantitative estimate of drug-likeness (QED) is 0.552. The molecule has 1 aliphatic heterocycles. The fourth-order valence-electron chi connectivity index (χ4n) is 3.82. The minimum atomic E-state index is -0.641. The summed E-state index contributed by atoms with van der Waals surface area (Å²) >= 11 is 2.24. The van der Waals surface area contributed by atoms with Crippen LogP contribution in [0.4, 0.5) is 14.3 Å². The molecular weight excluding hydrogens is 479 g/mol. The smallest absolute Gasteiger partial charge is 0.410 e. The zero-order chi connectivity index (χ0) is 25.0. The van der Waals surface area contributed by atoms with Gasteiger partial charge in [0.15, 0.2) is 10.3 Å². The molecule has 1 saturated heterocycles. The highest BCUT2D eigenvalue weighted by atomic mass is 32.1. The molecule has 8 nitrogen and oxygen atoms in total. The second kappa shape index (κ2) is 10.8. The summed E-state index contributed by atoms with van der Waals surface area (Å²) in [6.45, 7) is 10.2. The molecule has 0 spiro atoms. The molecule has 0 aromatic carbocycles. The molecule has 0 radical (unpaired) electrons. The van der Waals surface area contributed by atoms with Crippen molar-refractivity contribution in [3.8, 4) is 0 Å². The van der Waals surface area contributed by atoms with E-state index in [2.05, 4.69) is 10.3 Å². The van der Waals surface area contributed by atoms with Crippen molar-refractivity contribution in [2.24, 2.45) is 0 Å². The third-order valence-corrected chi connectivity index (χ3v) is 7.11. The van der Waals surface area contributed by atoms with E-state index in [0.29, 0.717) is 25.1 Å². The molecule has 34 heavy (non-hydrogen) atoms. The third kappa shape index (κ3) is 6.53. The molecule has 1 aliphatic rings. The summed E-state index contributed by atoms with van der Waals surface area (Å²) in [7, 11) is 0. The number of amides is 3. The van der Waals surface area contributed by atoms with Gasteiger partial charge in [0.2, 0.25) is 5.91 Å². The number of hydrogen-bond acceptors (Lipinski definition) is 7. The molecule has 0 bridgehead atoms. The van der Waals surface area contributed by atoms with Crippen molar-refractivity contribution in [2.75, 3.05) is 25.0 Å². The Morgan fingerprint density at radius 1 is 1.32 bits per heavy atom. The van der Waals surface area contributed by atoms with Gasteiger partial charge in [-0.05, 0) is 53.0 Å². The maximum atomic E-state index is 13.2. The summed E-state index contributed by atoms with van der Waals surface area (Å²) < 4.78 is 18.7. The van der Waals surface area contributed by atoms with Gasteiger partial charge in [0.05, 0.1) is 17.8 Å². The van der Waals surface area contributed by atoms with Gasteiger partial charge in [-0.3, -0.25) is 19.8 Å². The van der Waals surface area contributed by atoms with E-state index in [1.807, 2.05) is 13.8 Å². The first-order chi connectivity index (χ1) is 16.0. The number of thiazole rings is 1. The van der Waals surface area contributed by atoms with Crippen LogP contribution in [0, 0.1) is 12.1 Å². The van der Waals surface area contributed by atoms with E-state index in [9.17, 15) is 18.8 Å². The van der Waals surface area contributed by atoms with E-state index < -0.39 is 16.8 Å². The molecule has 3 heterocycles. The van der Waals surface area contributed by atoms with Crippen LogP contribution in [0.1, 0.15) is 73.1 Å². The maximum Gasteiger partial charge on any atom is 0.410 e. The summed E-state index contributed by atoms with van der Waals surface area (Å²) in [5.74, 6) is -0.499. The van der Waals surface area contributed by atoms with Crippen LogP contribution < -0.4 is 5.32 Å². The van der Waals surface area contributed by atoms with Gasteiger partial charge in [0.1, 0.15) is 12.1 Å². The first-order valence-corrected chi connectivity index (χ1v) is 12.9. The van der Waals surface area contributed by atoms with E-state index in [4.69, 9.17) is 4.74 Å². The topological polar surface area (TPSA) is 91.8 Å². The Labute approximate surface area is 207 Å². The van der Waals surface area contributed by atoms with E-state index in [0.717, 1.165) is 40.1 Å². The van der Waals surface area contributed by atoms with Crippen LogP contribution in [-0.2, 0) is 9.53 Å². The first-order valence-electron chi connectivity index (χ1n) is 11.3. The van der Waals surface area contributed by atoms with Crippen LogP contribution in [-0.4, -0.2) is 57.9 Å². The predicted octanol–water partition coefficient (Wildman–Crippen LogP) is 5.22. The first kappa shape index (κ1) is 26.1. The fraction of sp³-hybridized carbons (Fsp3) is 0.565. The molecule has 0 aliphatic carbocycles. The number of likely N-dealkylation sites (tertiary alicyclic amines) is 1. The molecule has 2 aromatic heterocycles. The molecule has 1 atom stereocenters. The average Bonchev–Trinajstić information content (AvgIpc) is 3.46. The lowest BCUT2D eigenvalue weighted by molar-refractivity contribution is -0.133. The monoisotopic (exact) mass is 510 g/mol. The number of rotatable bonds is 7.